The Kier molecular flexibility index (Phi) is 4.93. The fraction of sp³-hybridized carbons (Fsp3) is 0.294. The van der Waals surface area contributed by atoms with Crippen molar-refractivity contribution < 1.29 is 14.6 Å². The average Bonchev–Trinajstić information content (AvgIpc) is 2.49. The topological polar surface area (TPSA) is 50.7 Å². The van der Waals surface area contributed by atoms with Gasteiger partial charge in [0.25, 0.3) is 0 Å². The van der Waals surface area contributed by atoms with Gasteiger partial charge in [-0.05, 0) is 43.7 Å². The molecule has 0 spiro atoms. The van der Waals surface area contributed by atoms with Gasteiger partial charge in [0.15, 0.2) is 11.5 Å². The highest BCUT2D eigenvalue weighted by atomic mass is 16.5. The summed E-state index contributed by atoms with van der Waals surface area (Å²) in [5.41, 5.74) is 1.95. The Balaban J connectivity index is 2.15. The molecule has 0 saturated heterocycles. The second kappa shape index (κ2) is 6.88. The standard InChI is InChI=1S/C17H21NO3/c1-4-21-16-9-8-14(11-17(16)20-3)18-12(2)13-6-5-7-15(19)10-13/h5-12,18-19H,4H2,1-3H3. The quantitative estimate of drug-likeness (QED) is 0.844. The molecule has 1 atom stereocenters. The largest absolute Gasteiger partial charge is 0.508 e. The van der Waals surface area contributed by atoms with E-state index in [-0.39, 0.29) is 11.8 Å². The van der Waals surface area contributed by atoms with Crippen LogP contribution in [-0.4, -0.2) is 18.8 Å². The lowest BCUT2D eigenvalue weighted by Gasteiger charge is -2.17. The van der Waals surface area contributed by atoms with Gasteiger partial charge in [-0.25, -0.2) is 0 Å². The number of nitrogens with one attached hydrogen (secondary N) is 1. The van der Waals surface area contributed by atoms with E-state index in [4.69, 9.17) is 9.47 Å². The third-order valence-corrected chi connectivity index (χ3v) is 3.22. The maximum absolute atomic E-state index is 9.54. The molecule has 0 aliphatic heterocycles. The third kappa shape index (κ3) is 3.81. The van der Waals surface area contributed by atoms with E-state index in [0.717, 1.165) is 17.0 Å². The lowest BCUT2D eigenvalue weighted by atomic mass is 10.1. The lowest BCUT2D eigenvalue weighted by molar-refractivity contribution is 0.311. The van der Waals surface area contributed by atoms with Gasteiger partial charge >= 0.3 is 0 Å². The van der Waals surface area contributed by atoms with Crippen molar-refractivity contribution >= 4 is 5.69 Å². The van der Waals surface area contributed by atoms with Gasteiger partial charge in [-0.1, -0.05) is 12.1 Å². The van der Waals surface area contributed by atoms with E-state index in [9.17, 15) is 5.11 Å². The molecule has 2 N–H and O–H groups in total. The zero-order valence-electron chi connectivity index (χ0n) is 12.6. The summed E-state index contributed by atoms with van der Waals surface area (Å²) in [6.45, 7) is 4.58. The number of methoxy groups -OCH3 is 1. The molecule has 4 nitrogen and oxygen atoms in total. The van der Waals surface area contributed by atoms with Gasteiger partial charge < -0.3 is 19.9 Å². The van der Waals surface area contributed by atoms with E-state index in [1.165, 1.54) is 0 Å². The highest BCUT2D eigenvalue weighted by Crippen LogP contribution is 2.32. The number of phenols is 1. The first-order chi connectivity index (χ1) is 10.1. The van der Waals surface area contributed by atoms with Crippen LogP contribution < -0.4 is 14.8 Å². The number of rotatable bonds is 6. The summed E-state index contributed by atoms with van der Waals surface area (Å²) in [6.07, 6.45) is 0. The van der Waals surface area contributed by atoms with E-state index < -0.39 is 0 Å². The molecule has 0 aliphatic rings. The molecule has 2 aromatic rings. The van der Waals surface area contributed by atoms with Crippen LogP contribution in [0.25, 0.3) is 0 Å². The smallest absolute Gasteiger partial charge is 0.162 e. The average molecular weight is 287 g/mol. The highest BCUT2D eigenvalue weighted by Gasteiger charge is 2.09. The number of anilines is 1. The molecule has 0 heterocycles. The Morgan fingerprint density at radius 3 is 2.62 bits per heavy atom. The zero-order chi connectivity index (χ0) is 15.2. The van der Waals surface area contributed by atoms with Crippen LogP contribution in [0.2, 0.25) is 0 Å². The van der Waals surface area contributed by atoms with E-state index in [2.05, 4.69) is 5.32 Å². The van der Waals surface area contributed by atoms with Gasteiger partial charge in [-0.15, -0.1) is 0 Å². The maximum atomic E-state index is 9.54. The summed E-state index contributed by atoms with van der Waals surface area (Å²) in [4.78, 5) is 0. The number of aromatic hydroxyl groups is 1. The highest BCUT2D eigenvalue weighted by molar-refractivity contribution is 5.55. The Morgan fingerprint density at radius 1 is 1.14 bits per heavy atom. The van der Waals surface area contributed by atoms with Crippen LogP contribution in [0, 0.1) is 0 Å². The maximum Gasteiger partial charge on any atom is 0.162 e. The Labute approximate surface area is 125 Å². The molecule has 0 saturated carbocycles. The number of phenolic OH excluding ortho intramolecular Hbond substituents is 1. The monoisotopic (exact) mass is 287 g/mol. The van der Waals surface area contributed by atoms with Crippen molar-refractivity contribution in [3.8, 4) is 17.2 Å². The van der Waals surface area contributed by atoms with Crippen molar-refractivity contribution in [2.45, 2.75) is 19.9 Å². The van der Waals surface area contributed by atoms with Crippen LogP contribution >= 0.6 is 0 Å². The summed E-state index contributed by atoms with van der Waals surface area (Å²) in [5, 5.41) is 12.9. The summed E-state index contributed by atoms with van der Waals surface area (Å²) in [6, 6.07) is 13.0. The number of benzene rings is 2. The van der Waals surface area contributed by atoms with Crippen molar-refractivity contribution in [2.24, 2.45) is 0 Å². The minimum absolute atomic E-state index is 0.0692. The third-order valence-electron chi connectivity index (χ3n) is 3.22. The summed E-state index contributed by atoms with van der Waals surface area (Å²) < 4.78 is 10.8. The number of hydrogen-bond donors (Lipinski definition) is 2. The molecule has 0 fully saturated rings. The van der Waals surface area contributed by atoms with Gasteiger partial charge in [0.2, 0.25) is 0 Å². The van der Waals surface area contributed by atoms with Gasteiger partial charge in [0.05, 0.1) is 13.7 Å². The second-order valence-electron chi connectivity index (χ2n) is 4.76. The predicted octanol–water partition coefficient (Wildman–Crippen LogP) is 3.97. The van der Waals surface area contributed by atoms with Gasteiger partial charge in [0.1, 0.15) is 5.75 Å². The van der Waals surface area contributed by atoms with E-state index in [1.807, 2.05) is 44.2 Å². The van der Waals surface area contributed by atoms with Gasteiger partial charge in [-0.3, -0.25) is 0 Å². The van der Waals surface area contributed by atoms with Crippen molar-refractivity contribution in [3.05, 3.63) is 48.0 Å². The molecule has 0 amide bonds. The fourth-order valence-electron chi connectivity index (χ4n) is 2.16. The predicted molar refractivity (Wildman–Crippen MR) is 84.3 cm³/mol. The first kappa shape index (κ1) is 15.0. The van der Waals surface area contributed by atoms with E-state index in [1.54, 1.807) is 19.2 Å². The zero-order valence-corrected chi connectivity index (χ0v) is 12.6. The SMILES string of the molecule is CCOc1ccc(NC(C)c2cccc(O)c2)cc1OC. The van der Waals surface area contributed by atoms with Crippen molar-refractivity contribution in [3.63, 3.8) is 0 Å². The van der Waals surface area contributed by atoms with Crippen LogP contribution in [0.1, 0.15) is 25.5 Å². The minimum atomic E-state index is 0.0692. The van der Waals surface area contributed by atoms with Crippen molar-refractivity contribution in [2.75, 3.05) is 19.0 Å². The second-order valence-corrected chi connectivity index (χ2v) is 4.76. The molecule has 21 heavy (non-hydrogen) atoms. The van der Waals surface area contributed by atoms with E-state index in [0.29, 0.717) is 12.4 Å². The summed E-state index contributed by atoms with van der Waals surface area (Å²) in [5.74, 6) is 1.70. The molecule has 4 heteroatoms. The number of ether oxygens (including phenoxy) is 2. The van der Waals surface area contributed by atoms with E-state index >= 15 is 0 Å². The van der Waals surface area contributed by atoms with Crippen molar-refractivity contribution in [1.29, 1.82) is 0 Å². The van der Waals surface area contributed by atoms with Gasteiger partial charge in [-0.2, -0.15) is 0 Å². The van der Waals surface area contributed by atoms with Crippen LogP contribution in [-0.2, 0) is 0 Å². The van der Waals surface area contributed by atoms with Crippen molar-refractivity contribution in [1.82, 2.24) is 0 Å². The molecule has 0 aromatic heterocycles. The Morgan fingerprint density at radius 2 is 1.95 bits per heavy atom. The van der Waals surface area contributed by atoms with Crippen LogP contribution in [0.15, 0.2) is 42.5 Å². The first-order valence-corrected chi connectivity index (χ1v) is 7.00. The van der Waals surface area contributed by atoms with Crippen LogP contribution in [0.3, 0.4) is 0 Å². The Bertz CT molecular complexity index is 598. The molecule has 2 aromatic carbocycles. The van der Waals surface area contributed by atoms with Crippen LogP contribution in [0.5, 0.6) is 17.2 Å². The molecule has 2 rings (SSSR count). The minimum Gasteiger partial charge on any atom is -0.508 e. The number of hydrogen-bond acceptors (Lipinski definition) is 4. The summed E-state index contributed by atoms with van der Waals surface area (Å²) in [7, 11) is 1.63. The lowest BCUT2D eigenvalue weighted by Crippen LogP contribution is -2.06. The van der Waals surface area contributed by atoms with Gasteiger partial charge in [0, 0.05) is 17.8 Å². The molecule has 112 valence electrons. The molecule has 0 radical (unpaired) electrons. The molecule has 0 bridgehead atoms. The molecule has 1 unspecified atom stereocenters. The Hall–Kier alpha value is -2.36. The molecular weight excluding hydrogens is 266 g/mol. The van der Waals surface area contributed by atoms with Crippen LogP contribution in [0.4, 0.5) is 5.69 Å². The molecule has 0 aliphatic carbocycles. The molecular formula is C17H21NO3. The first-order valence-electron chi connectivity index (χ1n) is 7.00. The normalized spacial score (nSPS) is 11.8. The fourth-order valence-corrected chi connectivity index (χ4v) is 2.16. The summed E-state index contributed by atoms with van der Waals surface area (Å²) >= 11 is 0.